The highest BCUT2D eigenvalue weighted by atomic mass is 35.5. The van der Waals surface area contributed by atoms with Crippen molar-refractivity contribution in [3.05, 3.63) is 93.8 Å². The second-order valence-corrected chi connectivity index (χ2v) is 11.7. The number of halogens is 2. The molecule has 5 amide bonds. The lowest BCUT2D eigenvalue weighted by Gasteiger charge is -2.30. The Kier molecular flexibility index (Phi) is 8.36. The molecule has 10 heteroatoms. The molecule has 3 aromatic rings. The molecule has 2 saturated heterocycles. The highest BCUT2D eigenvalue weighted by molar-refractivity contribution is 6.30. The van der Waals surface area contributed by atoms with Gasteiger partial charge in [-0.25, -0.2) is 9.18 Å². The molecule has 3 aliphatic rings. The number of carbonyl (C=O) groups is 4. The van der Waals surface area contributed by atoms with Crippen molar-refractivity contribution in [3.63, 3.8) is 0 Å². The minimum Gasteiger partial charge on any atom is -0.334 e. The maximum absolute atomic E-state index is 14.8. The fourth-order valence-corrected chi connectivity index (χ4v) is 6.03. The SMILES string of the molecule is O=C1CCC(N2Cc3c(C#CC4CCN(C(=O)NCc5ccc(-c6ccc(Cl)cc6)cc5F)CC4)cccc3C2=O)C(=O)N1. The Morgan fingerprint density at radius 2 is 1.75 bits per heavy atom. The second-order valence-electron chi connectivity index (χ2n) is 11.2. The van der Waals surface area contributed by atoms with Crippen LogP contribution in [0, 0.1) is 23.6 Å². The maximum atomic E-state index is 14.8. The second kappa shape index (κ2) is 12.5. The number of nitrogens with one attached hydrogen (secondary N) is 2. The lowest BCUT2D eigenvalue weighted by Crippen LogP contribution is -2.52. The molecule has 0 bridgehead atoms. The van der Waals surface area contributed by atoms with Crippen molar-refractivity contribution in [1.82, 2.24) is 20.4 Å². The predicted octanol–water partition coefficient (Wildman–Crippen LogP) is 4.88. The molecule has 0 aliphatic carbocycles. The zero-order valence-corrected chi connectivity index (χ0v) is 24.6. The summed E-state index contributed by atoms with van der Waals surface area (Å²) in [5, 5.41) is 5.76. The number of likely N-dealkylation sites (tertiary alicyclic amines) is 1. The minimum absolute atomic E-state index is 0.0797. The van der Waals surface area contributed by atoms with E-state index in [1.807, 2.05) is 24.3 Å². The quantitative estimate of drug-likeness (QED) is 0.324. The Hall–Kier alpha value is -4.68. The number of imide groups is 1. The average Bonchev–Trinajstić information content (AvgIpc) is 3.36. The molecule has 0 spiro atoms. The first kappa shape index (κ1) is 29.4. The molecule has 0 aromatic heterocycles. The average molecular weight is 613 g/mol. The van der Waals surface area contributed by atoms with Crippen LogP contribution in [0.5, 0.6) is 0 Å². The van der Waals surface area contributed by atoms with Crippen LogP contribution in [0.3, 0.4) is 0 Å². The van der Waals surface area contributed by atoms with Gasteiger partial charge in [-0.3, -0.25) is 19.7 Å². The number of urea groups is 1. The predicted molar refractivity (Wildman–Crippen MR) is 163 cm³/mol. The third-order valence-corrected chi connectivity index (χ3v) is 8.69. The normalized spacial score (nSPS) is 18.4. The summed E-state index contributed by atoms with van der Waals surface area (Å²) in [5.74, 6) is 5.26. The fourth-order valence-electron chi connectivity index (χ4n) is 5.90. The molecule has 224 valence electrons. The van der Waals surface area contributed by atoms with E-state index in [9.17, 15) is 23.6 Å². The first-order valence-electron chi connectivity index (χ1n) is 14.6. The van der Waals surface area contributed by atoms with Gasteiger partial charge in [-0.15, -0.1) is 0 Å². The number of rotatable bonds is 4. The van der Waals surface area contributed by atoms with Gasteiger partial charge in [0.2, 0.25) is 11.8 Å². The van der Waals surface area contributed by atoms with Crippen molar-refractivity contribution in [2.24, 2.45) is 5.92 Å². The first-order chi connectivity index (χ1) is 21.3. The molecule has 3 heterocycles. The number of hydrogen-bond acceptors (Lipinski definition) is 4. The van der Waals surface area contributed by atoms with Crippen LogP contribution in [0.1, 0.15) is 52.7 Å². The van der Waals surface area contributed by atoms with E-state index in [2.05, 4.69) is 22.5 Å². The summed E-state index contributed by atoms with van der Waals surface area (Å²) in [6.07, 6.45) is 1.90. The van der Waals surface area contributed by atoms with Crippen LogP contribution in [0.25, 0.3) is 11.1 Å². The van der Waals surface area contributed by atoms with Gasteiger partial charge in [-0.05, 0) is 66.3 Å². The Labute approximate surface area is 259 Å². The van der Waals surface area contributed by atoms with E-state index in [-0.39, 0.29) is 49.1 Å². The molecule has 0 radical (unpaired) electrons. The number of fused-ring (bicyclic) bond motifs is 1. The summed E-state index contributed by atoms with van der Waals surface area (Å²) in [7, 11) is 0. The number of benzene rings is 3. The van der Waals surface area contributed by atoms with Gasteiger partial charge in [-0.1, -0.05) is 53.8 Å². The van der Waals surface area contributed by atoms with Crippen molar-refractivity contribution in [3.8, 4) is 23.0 Å². The molecule has 8 nitrogen and oxygen atoms in total. The molecular weight excluding hydrogens is 583 g/mol. The minimum atomic E-state index is -0.672. The van der Waals surface area contributed by atoms with Gasteiger partial charge >= 0.3 is 6.03 Å². The fraction of sp³-hybridized carbons (Fsp3) is 0.294. The van der Waals surface area contributed by atoms with Crippen molar-refractivity contribution in [2.75, 3.05) is 13.1 Å². The van der Waals surface area contributed by atoms with E-state index in [4.69, 9.17) is 11.6 Å². The van der Waals surface area contributed by atoms with Gasteiger partial charge in [0.15, 0.2) is 0 Å². The molecule has 2 fully saturated rings. The summed E-state index contributed by atoms with van der Waals surface area (Å²) in [4.78, 5) is 53.0. The van der Waals surface area contributed by atoms with Crippen molar-refractivity contribution in [1.29, 1.82) is 0 Å². The Morgan fingerprint density at radius 3 is 2.48 bits per heavy atom. The molecule has 44 heavy (non-hydrogen) atoms. The standard InChI is InChI=1S/C34H30ClFN4O4/c35-26-10-8-22(9-11-26)24-6-7-25(29(36)18-24)19-37-34(44)39-16-14-21(15-17-39)4-5-23-2-1-3-27-28(23)20-40(33(27)43)30-12-13-31(41)38-32(30)42/h1-3,6-11,18,21,30H,12-17,19-20H2,(H,37,44)(H,38,41,42). The van der Waals surface area contributed by atoms with Gasteiger partial charge in [0.25, 0.3) is 5.91 Å². The van der Waals surface area contributed by atoms with E-state index >= 15 is 0 Å². The van der Waals surface area contributed by atoms with Gasteiger partial charge in [0, 0.05) is 60.2 Å². The maximum Gasteiger partial charge on any atom is 0.317 e. The van der Waals surface area contributed by atoms with Crippen LogP contribution in [-0.2, 0) is 22.7 Å². The molecule has 2 N–H and O–H groups in total. The Morgan fingerprint density at radius 1 is 1.00 bits per heavy atom. The topological polar surface area (TPSA) is 98.8 Å². The third kappa shape index (κ3) is 6.17. The number of carbonyl (C=O) groups excluding carboxylic acids is 4. The molecule has 1 unspecified atom stereocenters. The van der Waals surface area contributed by atoms with Gasteiger partial charge in [0.05, 0.1) is 0 Å². The van der Waals surface area contributed by atoms with Crippen LogP contribution in [0.2, 0.25) is 5.02 Å². The van der Waals surface area contributed by atoms with Crippen molar-refractivity contribution in [2.45, 2.75) is 44.8 Å². The highest BCUT2D eigenvalue weighted by Crippen LogP contribution is 2.30. The summed E-state index contributed by atoms with van der Waals surface area (Å²) in [6.45, 7) is 1.41. The van der Waals surface area contributed by atoms with Crippen LogP contribution >= 0.6 is 11.6 Å². The molecule has 6 rings (SSSR count). The molecular formula is C34H30ClFN4O4. The van der Waals surface area contributed by atoms with E-state index in [0.717, 1.165) is 22.3 Å². The molecule has 0 saturated carbocycles. The number of piperidine rings is 2. The van der Waals surface area contributed by atoms with E-state index < -0.39 is 11.9 Å². The van der Waals surface area contributed by atoms with Gasteiger partial charge < -0.3 is 15.1 Å². The van der Waals surface area contributed by atoms with Gasteiger partial charge in [0.1, 0.15) is 11.9 Å². The monoisotopic (exact) mass is 612 g/mol. The summed E-state index contributed by atoms with van der Waals surface area (Å²) < 4.78 is 14.8. The Balaban J connectivity index is 1.02. The van der Waals surface area contributed by atoms with Crippen LogP contribution < -0.4 is 10.6 Å². The smallest absolute Gasteiger partial charge is 0.317 e. The summed E-state index contributed by atoms with van der Waals surface area (Å²) >= 11 is 5.94. The molecule has 3 aromatic carbocycles. The first-order valence-corrected chi connectivity index (χ1v) is 15.0. The van der Waals surface area contributed by atoms with Crippen molar-refractivity contribution >= 4 is 35.4 Å². The largest absolute Gasteiger partial charge is 0.334 e. The van der Waals surface area contributed by atoms with E-state index in [1.54, 1.807) is 35.2 Å². The number of hydrogen-bond donors (Lipinski definition) is 2. The Bertz CT molecular complexity index is 1710. The van der Waals surface area contributed by atoms with Crippen LogP contribution in [-0.4, -0.2) is 52.7 Å². The van der Waals surface area contributed by atoms with Crippen molar-refractivity contribution < 1.29 is 23.6 Å². The summed E-state index contributed by atoms with van der Waals surface area (Å²) in [5.41, 5.74) is 4.06. The van der Waals surface area contributed by atoms with E-state index in [0.29, 0.717) is 48.5 Å². The number of amides is 5. The van der Waals surface area contributed by atoms with Crippen LogP contribution in [0.15, 0.2) is 60.7 Å². The summed E-state index contributed by atoms with van der Waals surface area (Å²) in [6, 6.07) is 16.6. The third-order valence-electron chi connectivity index (χ3n) is 8.44. The lowest BCUT2D eigenvalue weighted by molar-refractivity contribution is -0.136. The van der Waals surface area contributed by atoms with Gasteiger partial charge in [-0.2, -0.15) is 0 Å². The molecule has 1 atom stereocenters. The zero-order chi connectivity index (χ0) is 30.8. The molecule has 3 aliphatic heterocycles. The number of nitrogens with zero attached hydrogens (tertiary/aromatic N) is 2. The lowest BCUT2D eigenvalue weighted by atomic mass is 9.96. The zero-order valence-electron chi connectivity index (χ0n) is 23.9. The highest BCUT2D eigenvalue weighted by Gasteiger charge is 2.39. The van der Waals surface area contributed by atoms with E-state index in [1.165, 1.54) is 11.0 Å². The van der Waals surface area contributed by atoms with Crippen LogP contribution in [0.4, 0.5) is 9.18 Å².